The molecule has 0 bridgehead atoms. The van der Waals surface area contributed by atoms with E-state index in [1.54, 1.807) is 19.2 Å². The van der Waals surface area contributed by atoms with E-state index in [0.717, 1.165) is 5.56 Å². The van der Waals surface area contributed by atoms with Crippen molar-refractivity contribution in [1.82, 2.24) is 10.6 Å². The van der Waals surface area contributed by atoms with Crippen LogP contribution < -0.4 is 15.4 Å². The first kappa shape index (κ1) is 15.4. The molecule has 1 amide bonds. The molecule has 0 aliphatic rings. The number of hydrogen-bond acceptors (Lipinski definition) is 3. The monoisotopic (exact) mass is 272 g/mol. The molecule has 0 saturated carbocycles. The summed E-state index contributed by atoms with van der Waals surface area (Å²) in [6, 6.07) is 6.46. The Morgan fingerprint density at radius 1 is 1.32 bits per heavy atom. The molecule has 4 nitrogen and oxygen atoms in total. The molecule has 1 aromatic rings. The van der Waals surface area contributed by atoms with Crippen molar-refractivity contribution < 1.29 is 18.3 Å². The van der Waals surface area contributed by atoms with Gasteiger partial charge in [-0.2, -0.15) is 8.78 Å². The van der Waals surface area contributed by atoms with E-state index in [9.17, 15) is 13.6 Å². The molecule has 1 rings (SSSR count). The normalized spacial score (nSPS) is 12.3. The summed E-state index contributed by atoms with van der Waals surface area (Å²) < 4.78 is 28.2. The largest absolute Gasteiger partial charge is 0.435 e. The number of carbonyl (C=O) groups is 1. The molecule has 0 aliphatic carbocycles. The van der Waals surface area contributed by atoms with Crippen LogP contribution in [0.5, 0.6) is 5.75 Å². The lowest BCUT2D eigenvalue weighted by atomic mass is 10.1. The topological polar surface area (TPSA) is 50.4 Å². The minimum absolute atomic E-state index is 0.0274. The first-order valence-corrected chi connectivity index (χ1v) is 6.01. The molecule has 0 heterocycles. The average Bonchev–Trinajstić information content (AvgIpc) is 2.38. The van der Waals surface area contributed by atoms with Crippen molar-refractivity contribution in [2.75, 3.05) is 13.6 Å². The third-order valence-electron chi connectivity index (χ3n) is 2.69. The van der Waals surface area contributed by atoms with Gasteiger partial charge < -0.3 is 15.4 Å². The van der Waals surface area contributed by atoms with Crippen molar-refractivity contribution in [2.45, 2.75) is 26.0 Å². The molecule has 0 aliphatic heterocycles. The highest BCUT2D eigenvalue weighted by Crippen LogP contribution is 2.18. The molecule has 2 N–H and O–H groups in total. The third kappa shape index (κ3) is 5.65. The van der Waals surface area contributed by atoms with Gasteiger partial charge in [0.1, 0.15) is 5.75 Å². The summed E-state index contributed by atoms with van der Waals surface area (Å²) in [5, 5.41) is 5.71. The van der Waals surface area contributed by atoms with Gasteiger partial charge >= 0.3 is 6.61 Å². The van der Waals surface area contributed by atoms with E-state index in [-0.39, 0.29) is 17.7 Å². The van der Waals surface area contributed by atoms with Crippen LogP contribution in [0.3, 0.4) is 0 Å². The zero-order valence-electron chi connectivity index (χ0n) is 11.0. The maximum absolute atomic E-state index is 12.0. The van der Waals surface area contributed by atoms with E-state index >= 15 is 0 Å². The van der Waals surface area contributed by atoms with Gasteiger partial charge in [-0.1, -0.05) is 12.1 Å². The summed E-state index contributed by atoms with van der Waals surface area (Å²) in [7, 11) is 1.59. The van der Waals surface area contributed by atoms with E-state index in [1.165, 1.54) is 12.1 Å². The quantitative estimate of drug-likeness (QED) is 0.799. The third-order valence-corrected chi connectivity index (χ3v) is 2.69. The van der Waals surface area contributed by atoms with Crippen molar-refractivity contribution in [3.8, 4) is 5.75 Å². The zero-order chi connectivity index (χ0) is 14.3. The number of carbonyl (C=O) groups excluding carboxylic acids is 1. The number of benzene rings is 1. The molecule has 6 heteroatoms. The van der Waals surface area contributed by atoms with E-state index < -0.39 is 6.61 Å². The Morgan fingerprint density at radius 2 is 1.95 bits per heavy atom. The highest BCUT2D eigenvalue weighted by molar-refractivity contribution is 5.75. The number of alkyl halides is 2. The Balaban J connectivity index is 2.44. The van der Waals surface area contributed by atoms with Gasteiger partial charge in [0.25, 0.3) is 0 Å². The molecular weight excluding hydrogens is 254 g/mol. The Bertz CT molecular complexity index is 396. The fourth-order valence-electron chi connectivity index (χ4n) is 1.58. The fraction of sp³-hybridized carbons (Fsp3) is 0.462. The molecule has 0 spiro atoms. The van der Waals surface area contributed by atoms with Crippen molar-refractivity contribution >= 4 is 5.91 Å². The van der Waals surface area contributed by atoms with Gasteiger partial charge in [0, 0.05) is 26.1 Å². The lowest BCUT2D eigenvalue weighted by Crippen LogP contribution is -2.26. The standard InChI is InChI=1S/C13H18F2N2O2/c1-9(17-8-7-12(18)16-2)10-3-5-11(6-4-10)19-13(14)15/h3-6,9,13,17H,7-8H2,1-2H3,(H,16,18). The van der Waals surface area contributed by atoms with Gasteiger partial charge in [-0.3, -0.25) is 4.79 Å². The van der Waals surface area contributed by atoms with Crippen LogP contribution in [-0.4, -0.2) is 26.1 Å². The fourth-order valence-corrected chi connectivity index (χ4v) is 1.58. The molecule has 0 saturated heterocycles. The second kappa shape index (κ2) is 7.68. The second-order valence-electron chi connectivity index (χ2n) is 4.05. The average molecular weight is 272 g/mol. The predicted octanol–water partition coefficient (Wildman–Crippen LogP) is 2.07. The minimum Gasteiger partial charge on any atom is -0.435 e. The molecule has 0 aromatic heterocycles. The number of hydrogen-bond donors (Lipinski definition) is 2. The summed E-state index contributed by atoms with van der Waals surface area (Å²) in [5.41, 5.74) is 0.943. The van der Waals surface area contributed by atoms with Gasteiger partial charge in [0.05, 0.1) is 0 Å². The predicted molar refractivity (Wildman–Crippen MR) is 68.2 cm³/mol. The Kier molecular flexibility index (Phi) is 6.21. The molecular formula is C13H18F2N2O2. The van der Waals surface area contributed by atoms with Crippen LogP contribution >= 0.6 is 0 Å². The first-order valence-electron chi connectivity index (χ1n) is 6.01. The van der Waals surface area contributed by atoms with E-state index in [0.29, 0.717) is 13.0 Å². The van der Waals surface area contributed by atoms with Crippen LogP contribution in [0.2, 0.25) is 0 Å². The molecule has 0 radical (unpaired) electrons. The Labute approximate surface area is 111 Å². The lowest BCUT2D eigenvalue weighted by molar-refractivity contribution is -0.120. The van der Waals surface area contributed by atoms with Gasteiger partial charge in [-0.25, -0.2) is 0 Å². The molecule has 1 atom stereocenters. The number of nitrogens with one attached hydrogen (secondary N) is 2. The molecule has 1 aromatic carbocycles. The number of rotatable bonds is 7. The van der Waals surface area contributed by atoms with Crippen molar-refractivity contribution in [3.05, 3.63) is 29.8 Å². The number of halogens is 2. The summed E-state index contributed by atoms with van der Waals surface area (Å²) in [5.74, 6) is 0.108. The van der Waals surface area contributed by atoms with Gasteiger partial charge in [0.2, 0.25) is 5.91 Å². The van der Waals surface area contributed by atoms with Crippen LogP contribution in [0, 0.1) is 0 Å². The van der Waals surface area contributed by atoms with Crippen molar-refractivity contribution in [1.29, 1.82) is 0 Å². The number of amides is 1. The highest BCUT2D eigenvalue weighted by atomic mass is 19.3. The molecule has 1 unspecified atom stereocenters. The van der Waals surface area contributed by atoms with Crippen LogP contribution in [0.15, 0.2) is 24.3 Å². The van der Waals surface area contributed by atoms with E-state index in [2.05, 4.69) is 15.4 Å². The molecule has 106 valence electrons. The summed E-state index contributed by atoms with van der Waals surface area (Å²) >= 11 is 0. The smallest absolute Gasteiger partial charge is 0.387 e. The van der Waals surface area contributed by atoms with Gasteiger partial charge in [0.15, 0.2) is 0 Å². The molecule has 19 heavy (non-hydrogen) atoms. The molecule has 0 fully saturated rings. The van der Waals surface area contributed by atoms with Gasteiger partial charge in [-0.05, 0) is 24.6 Å². The highest BCUT2D eigenvalue weighted by Gasteiger charge is 2.08. The lowest BCUT2D eigenvalue weighted by Gasteiger charge is -2.14. The SMILES string of the molecule is CNC(=O)CCNC(C)c1ccc(OC(F)F)cc1. The van der Waals surface area contributed by atoms with E-state index in [4.69, 9.17) is 0 Å². The first-order chi connectivity index (χ1) is 9.02. The Hall–Kier alpha value is -1.69. The summed E-state index contributed by atoms with van der Waals surface area (Å²) in [4.78, 5) is 11.0. The maximum Gasteiger partial charge on any atom is 0.387 e. The maximum atomic E-state index is 12.0. The van der Waals surface area contributed by atoms with Gasteiger partial charge in [-0.15, -0.1) is 0 Å². The van der Waals surface area contributed by atoms with Crippen molar-refractivity contribution in [3.63, 3.8) is 0 Å². The van der Waals surface area contributed by atoms with Crippen LogP contribution in [0.25, 0.3) is 0 Å². The van der Waals surface area contributed by atoms with E-state index in [1.807, 2.05) is 6.92 Å². The second-order valence-corrected chi connectivity index (χ2v) is 4.05. The number of ether oxygens (including phenoxy) is 1. The van der Waals surface area contributed by atoms with Crippen molar-refractivity contribution in [2.24, 2.45) is 0 Å². The minimum atomic E-state index is -2.81. The zero-order valence-corrected chi connectivity index (χ0v) is 11.0. The Morgan fingerprint density at radius 3 is 2.47 bits per heavy atom. The summed E-state index contributed by atoms with van der Waals surface area (Å²) in [6.07, 6.45) is 0.396. The van der Waals surface area contributed by atoms with Crippen LogP contribution in [-0.2, 0) is 4.79 Å². The van der Waals surface area contributed by atoms with Crippen LogP contribution in [0.4, 0.5) is 8.78 Å². The van der Waals surface area contributed by atoms with Crippen LogP contribution in [0.1, 0.15) is 24.9 Å². The summed E-state index contributed by atoms with van der Waals surface area (Å²) in [6.45, 7) is -0.322.